The van der Waals surface area contributed by atoms with E-state index in [1.54, 1.807) is 24.1 Å². The largest absolute Gasteiger partial charge is 0.480 e. The molecule has 14 nitrogen and oxygen atoms in total. The van der Waals surface area contributed by atoms with Crippen molar-refractivity contribution in [3.05, 3.63) is 28.7 Å². The van der Waals surface area contributed by atoms with Crippen LogP contribution in [-0.4, -0.2) is 131 Å². The van der Waals surface area contributed by atoms with Gasteiger partial charge in [0.1, 0.15) is 28.0 Å². The number of pyridine rings is 1. The zero-order chi connectivity index (χ0) is 38.7. The number of H-pyrrole nitrogens is 1. The van der Waals surface area contributed by atoms with Crippen molar-refractivity contribution in [2.75, 3.05) is 71.7 Å². The van der Waals surface area contributed by atoms with Crippen LogP contribution in [0.5, 0.6) is 11.9 Å². The summed E-state index contributed by atoms with van der Waals surface area (Å²) in [5.74, 6) is -0.224. The number of hydrogen-bond acceptors (Lipinski definition) is 12. The van der Waals surface area contributed by atoms with Crippen molar-refractivity contribution in [2.45, 2.75) is 89.3 Å². The number of aromatic nitrogens is 5. The van der Waals surface area contributed by atoms with Gasteiger partial charge in [0.2, 0.25) is 5.88 Å². The van der Waals surface area contributed by atoms with E-state index in [0.29, 0.717) is 64.7 Å². The smallest absolute Gasteiger partial charge is 0.409 e. The molecule has 2 saturated heterocycles. The number of aromatic amines is 1. The fourth-order valence-electron chi connectivity index (χ4n) is 8.51. The number of ether oxygens (including phenoxy) is 4. The Kier molecular flexibility index (Phi) is 12.1. The summed E-state index contributed by atoms with van der Waals surface area (Å²) < 4.78 is 39.7. The number of unbranched alkanes of at least 4 members (excludes halogenated alkanes) is 2. The molecule has 1 saturated carbocycles. The van der Waals surface area contributed by atoms with Crippen LogP contribution in [0.15, 0.2) is 12.3 Å². The summed E-state index contributed by atoms with van der Waals surface area (Å²) in [6, 6.07) is 2.82. The van der Waals surface area contributed by atoms with E-state index in [9.17, 15) is 9.90 Å². The Balaban J connectivity index is 1.13. The van der Waals surface area contributed by atoms with E-state index in [4.69, 9.17) is 35.5 Å². The Morgan fingerprint density at radius 2 is 1.87 bits per heavy atom. The molecule has 3 aromatic heterocycles. The number of piperidine rings is 1. The van der Waals surface area contributed by atoms with Crippen LogP contribution in [0.25, 0.3) is 33.1 Å². The topological polar surface area (TPSA) is 151 Å². The van der Waals surface area contributed by atoms with Gasteiger partial charge in [0.25, 0.3) is 0 Å². The zero-order valence-electron chi connectivity index (χ0n) is 32.2. The summed E-state index contributed by atoms with van der Waals surface area (Å²) in [7, 11) is 2.91. The number of rotatable bonds is 12. The molecule has 1 unspecified atom stereocenters. The number of carbonyl (C=O) groups excluding carboxylic acids is 1. The second-order valence-electron chi connectivity index (χ2n) is 15.3. The number of nitrogens with one attached hydrogen (secondary N) is 1. The van der Waals surface area contributed by atoms with Crippen molar-refractivity contribution in [1.82, 2.24) is 34.9 Å². The van der Waals surface area contributed by atoms with Gasteiger partial charge in [0, 0.05) is 47.7 Å². The predicted molar refractivity (Wildman–Crippen MR) is 208 cm³/mol. The number of aliphatic hydroxyl groups is 1. The number of nitrogens with zero attached hydrogens (tertiary/aromatic N) is 7. The number of amides is 1. The van der Waals surface area contributed by atoms with Crippen LogP contribution in [-0.2, 0) is 9.47 Å². The summed E-state index contributed by atoms with van der Waals surface area (Å²) in [6.07, 6.45) is 11.0. The summed E-state index contributed by atoms with van der Waals surface area (Å²) in [4.78, 5) is 32.5. The molecule has 0 radical (unpaired) electrons. The molecule has 0 bridgehead atoms. The first kappa shape index (κ1) is 39.2. The fourth-order valence-corrected chi connectivity index (χ4v) is 8.71. The molecule has 55 heavy (non-hydrogen) atoms. The van der Waals surface area contributed by atoms with Gasteiger partial charge in [-0.2, -0.15) is 15.1 Å². The van der Waals surface area contributed by atoms with Crippen molar-refractivity contribution < 1.29 is 33.2 Å². The van der Waals surface area contributed by atoms with Gasteiger partial charge in [0.15, 0.2) is 5.82 Å². The lowest BCUT2D eigenvalue weighted by Gasteiger charge is -2.41. The van der Waals surface area contributed by atoms with Crippen LogP contribution < -0.4 is 14.4 Å². The molecule has 7 rings (SSSR count). The van der Waals surface area contributed by atoms with Crippen molar-refractivity contribution >= 4 is 45.3 Å². The highest BCUT2D eigenvalue weighted by molar-refractivity contribution is 6.33. The monoisotopic (exact) mass is 782 g/mol. The Bertz CT molecular complexity index is 1980. The SMILES string of the molecule is COC(=O)N1CCC(N(CCCCCOc2nc(N3CCOCC(C)(O)C3)c3c(OC)nc(-c4c(C)c(Cl)cc5[nH]ncc45)c(F)c3n2)C2CCCC2)CC1. The lowest BCUT2D eigenvalue weighted by atomic mass is 9.99. The Morgan fingerprint density at radius 3 is 2.62 bits per heavy atom. The normalized spacial score (nSPS) is 20.1. The van der Waals surface area contributed by atoms with Crippen LogP contribution in [0, 0.1) is 12.7 Å². The number of halogens is 2. The maximum atomic E-state index is 17.0. The van der Waals surface area contributed by atoms with Gasteiger partial charge in [-0.05, 0) is 77.0 Å². The molecule has 1 atom stereocenters. The molecule has 16 heteroatoms. The summed E-state index contributed by atoms with van der Waals surface area (Å²) >= 11 is 6.60. The number of anilines is 1. The molecule has 0 spiro atoms. The Hall–Kier alpha value is -4.05. The molecule has 298 valence electrons. The van der Waals surface area contributed by atoms with Crippen molar-refractivity contribution in [1.29, 1.82) is 0 Å². The minimum Gasteiger partial charge on any atom is -0.480 e. The van der Waals surface area contributed by atoms with Gasteiger partial charge in [-0.3, -0.25) is 10.00 Å². The standard InChI is InChI=1S/C39H52ClFN8O6/c1-24-28(40)20-29-27(21-42-46-29)30(24)33-32(41)34-31(36(43-33)52-3)35(48-17-19-54-23-39(2,51)22-48)45-37(44-34)55-18-9-5-8-14-49(25-10-6-7-11-25)26-12-15-47(16-13-26)38(50)53-4/h20-21,25-26,51H,5-19,22-23H2,1-4H3,(H,42,46). The van der Waals surface area contributed by atoms with Gasteiger partial charge in [-0.25, -0.2) is 14.2 Å². The van der Waals surface area contributed by atoms with E-state index in [1.807, 2.05) is 11.8 Å². The van der Waals surface area contributed by atoms with E-state index in [-0.39, 0.29) is 47.7 Å². The maximum absolute atomic E-state index is 17.0. The van der Waals surface area contributed by atoms with E-state index >= 15 is 4.39 Å². The van der Waals surface area contributed by atoms with E-state index < -0.39 is 11.4 Å². The first-order chi connectivity index (χ1) is 26.6. The molecule has 1 amide bonds. The second kappa shape index (κ2) is 17.0. The molecular weight excluding hydrogens is 731 g/mol. The zero-order valence-corrected chi connectivity index (χ0v) is 33.0. The van der Waals surface area contributed by atoms with Crippen molar-refractivity contribution in [2.24, 2.45) is 0 Å². The van der Waals surface area contributed by atoms with Gasteiger partial charge in [0.05, 0.1) is 52.3 Å². The van der Waals surface area contributed by atoms with Crippen LogP contribution in [0.1, 0.15) is 70.3 Å². The first-order valence-corrected chi connectivity index (χ1v) is 19.8. The summed E-state index contributed by atoms with van der Waals surface area (Å²) in [6.45, 7) is 7.31. The quantitative estimate of drug-likeness (QED) is 0.156. The summed E-state index contributed by atoms with van der Waals surface area (Å²) in [5, 5.41) is 19.5. The Morgan fingerprint density at radius 1 is 1.11 bits per heavy atom. The second-order valence-corrected chi connectivity index (χ2v) is 15.7. The number of likely N-dealkylation sites (tertiary alicyclic amines) is 1. The maximum Gasteiger partial charge on any atom is 0.409 e. The molecule has 4 aromatic rings. The number of fused-ring (bicyclic) bond motifs is 2. The summed E-state index contributed by atoms with van der Waals surface area (Å²) in [5.41, 5.74) is 0.550. The number of β-amino-alcohol motifs (C(OH)–C–C–N with tert-alkyl or cyclic N) is 1. The minimum absolute atomic E-state index is 0.0142. The van der Waals surface area contributed by atoms with Gasteiger partial charge < -0.3 is 33.9 Å². The highest BCUT2D eigenvalue weighted by Gasteiger charge is 2.34. The van der Waals surface area contributed by atoms with Crippen molar-refractivity contribution in [3.8, 4) is 23.1 Å². The molecule has 1 aromatic carbocycles. The number of carbonyl (C=O) groups is 1. The third-order valence-corrected chi connectivity index (χ3v) is 11.7. The van der Waals surface area contributed by atoms with Gasteiger partial charge in [-0.15, -0.1) is 0 Å². The highest BCUT2D eigenvalue weighted by Crippen LogP contribution is 2.42. The molecule has 1 aliphatic carbocycles. The minimum atomic E-state index is -1.19. The van der Waals surface area contributed by atoms with Crippen LogP contribution in [0.3, 0.4) is 0 Å². The number of benzene rings is 1. The van der Waals surface area contributed by atoms with E-state index in [0.717, 1.165) is 51.7 Å². The molecule has 5 heterocycles. The molecular formula is C39H52ClFN8O6. The van der Waals surface area contributed by atoms with Crippen LogP contribution in [0.2, 0.25) is 5.02 Å². The predicted octanol–water partition coefficient (Wildman–Crippen LogP) is 6.29. The molecule has 2 N–H and O–H groups in total. The van der Waals surface area contributed by atoms with Crippen molar-refractivity contribution in [3.63, 3.8) is 0 Å². The third-order valence-electron chi connectivity index (χ3n) is 11.3. The number of methoxy groups -OCH3 is 2. The van der Waals surface area contributed by atoms with Crippen LogP contribution in [0.4, 0.5) is 15.0 Å². The lowest BCUT2D eigenvalue weighted by Crippen LogP contribution is -2.50. The van der Waals surface area contributed by atoms with Gasteiger partial charge >= 0.3 is 12.1 Å². The fraction of sp³-hybridized carbons (Fsp3) is 0.615. The van der Waals surface area contributed by atoms with E-state index in [2.05, 4.69) is 25.1 Å². The molecule has 2 aliphatic heterocycles. The van der Waals surface area contributed by atoms with Gasteiger partial charge in [-0.1, -0.05) is 24.4 Å². The Labute approximate surface area is 325 Å². The third kappa shape index (κ3) is 8.40. The average molecular weight is 783 g/mol. The first-order valence-electron chi connectivity index (χ1n) is 19.4. The number of hydrogen-bond donors (Lipinski definition) is 2. The van der Waals surface area contributed by atoms with Crippen LogP contribution >= 0.6 is 11.6 Å². The highest BCUT2D eigenvalue weighted by atomic mass is 35.5. The molecule has 3 fully saturated rings. The molecule has 3 aliphatic rings. The average Bonchev–Trinajstić information content (AvgIpc) is 3.85. The lowest BCUT2D eigenvalue weighted by molar-refractivity contribution is -0.0123. The van der Waals surface area contributed by atoms with E-state index in [1.165, 1.54) is 39.9 Å².